The first-order valence-corrected chi connectivity index (χ1v) is 7.02. The Balaban J connectivity index is 2.05. The molecule has 0 saturated heterocycles. The zero-order valence-corrected chi connectivity index (χ0v) is 13.0. The van der Waals surface area contributed by atoms with Gasteiger partial charge in [0.05, 0.1) is 23.5 Å². The molecule has 2 rings (SSSR count). The topological polar surface area (TPSA) is 77.8 Å². The van der Waals surface area contributed by atoms with Gasteiger partial charge in [0.2, 0.25) is 5.91 Å². The predicted octanol–water partition coefficient (Wildman–Crippen LogP) is 2.60. The van der Waals surface area contributed by atoms with E-state index in [1.165, 1.54) is 0 Å². The van der Waals surface area contributed by atoms with Crippen LogP contribution < -0.4 is 10.6 Å². The van der Waals surface area contributed by atoms with Crippen molar-refractivity contribution in [2.24, 2.45) is 0 Å². The summed E-state index contributed by atoms with van der Waals surface area (Å²) in [5, 5.41) is 14.9. The highest BCUT2D eigenvalue weighted by Crippen LogP contribution is 2.18. The molecule has 0 aliphatic heterocycles. The maximum absolute atomic E-state index is 12.0. The maximum atomic E-state index is 12.0. The lowest BCUT2D eigenvalue weighted by molar-refractivity contribution is -0.114. The van der Waals surface area contributed by atoms with Crippen molar-refractivity contribution in [1.29, 1.82) is 5.26 Å². The van der Waals surface area contributed by atoms with Crippen molar-refractivity contribution in [3.05, 3.63) is 52.8 Å². The van der Waals surface area contributed by atoms with Crippen LogP contribution in [0.3, 0.4) is 0 Å². The van der Waals surface area contributed by atoms with Crippen LogP contribution in [0.5, 0.6) is 0 Å². The van der Waals surface area contributed by atoms with Crippen LogP contribution in [0.1, 0.15) is 22.5 Å². The van der Waals surface area contributed by atoms with Crippen molar-refractivity contribution in [3.63, 3.8) is 0 Å². The second-order valence-electron chi connectivity index (χ2n) is 5.01. The molecule has 0 aliphatic carbocycles. The lowest BCUT2D eigenvalue weighted by atomic mass is 10.1. The van der Waals surface area contributed by atoms with Crippen molar-refractivity contribution in [2.45, 2.75) is 13.8 Å². The Hall–Kier alpha value is -3.31. The Kier molecular flexibility index (Phi) is 4.96. The molecule has 114 valence electrons. The van der Waals surface area contributed by atoms with Crippen LogP contribution in [0.2, 0.25) is 0 Å². The van der Waals surface area contributed by atoms with Gasteiger partial charge < -0.3 is 10.6 Å². The van der Waals surface area contributed by atoms with Gasteiger partial charge in [0.15, 0.2) is 0 Å². The summed E-state index contributed by atoms with van der Waals surface area (Å²) in [4.78, 5) is 16.3. The van der Waals surface area contributed by atoms with E-state index in [0.29, 0.717) is 28.2 Å². The van der Waals surface area contributed by atoms with Crippen molar-refractivity contribution in [1.82, 2.24) is 4.98 Å². The first kappa shape index (κ1) is 16.1. The number of amides is 1. The van der Waals surface area contributed by atoms with E-state index in [0.717, 1.165) is 5.69 Å². The normalized spacial score (nSPS) is 9.57. The van der Waals surface area contributed by atoms with Gasteiger partial charge in [-0.25, -0.2) is 0 Å². The fourth-order valence-electron chi connectivity index (χ4n) is 2.18. The van der Waals surface area contributed by atoms with Crippen LogP contribution in [0.15, 0.2) is 30.3 Å². The van der Waals surface area contributed by atoms with E-state index in [9.17, 15) is 10.1 Å². The minimum Gasteiger partial charge on any atom is -0.375 e. The molecule has 5 heteroatoms. The number of aromatic nitrogens is 1. The molecular formula is C18H16N4O. The second-order valence-corrected chi connectivity index (χ2v) is 5.01. The Bertz CT molecular complexity index is 828. The van der Waals surface area contributed by atoms with E-state index in [-0.39, 0.29) is 12.5 Å². The molecule has 0 bridgehead atoms. The molecule has 0 radical (unpaired) electrons. The van der Waals surface area contributed by atoms with Crippen molar-refractivity contribution >= 4 is 17.3 Å². The van der Waals surface area contributed by atoms with Crippen LogP contribution in [-0.4, -0.2) is 17.4 Å². The summed E-state index contributed by atoms with van der Waals surface area (Å²) < 4.78 is 0. The Labute approximate surface area is 135 Å². The molecular weight excluding hydrogens is 288 g/mol. The third kappa shape index (κ3) is 4.09. The van der Waals surface area contributed by atoms with E-state index < -0.39 is 0 Å². The van der Waals surface area contributed by atoms with E-state index in [1.54, 1.807) is 37.3 Å². The number of aryl methyl sites for hydroxylation is 2. The number of nitrogens with one attached hydrogen (secondary N) is 2. The number of rotatable bonds is 4. The quantitative estimate of drug-likeness (QED) is 0.851. The fourth-order valence-corrected chi connectivity index (χ4v) is 2.18. The summed E-state index contributed by atoms with van der Waals surface area (Å²) in [7, 11) is 0. The first-order chi connectivity index (χ1) is 11.0. The molecule has 0 spiro atoms. The first-order valence-electron chi connectivity index (χ1n) is 7.02. The van der Waals surface area contributed by atoms with E-state index in [2.05, 4.69) is 27.6 Å². The van der Waals surface area contributed by atoms with Crippen LogP contribution >= 0.6 is 0 Å². The average molecular weight is 304 g/mol. The number of nitrogens with zero attached hydrogens (tertiary/aromatic N) is 2. The summed E-state index contributed by atoms with van der Waals surface area (Å²) in [6.07, 6.45) is 5.33. The Morgan fingerprint density at radius 1 is 1.35 bits per heavy atom. The molecule has 0 atom stereocenters. The summed E-state index contributed by atoms with van der Waals surface area (Å²) >= 11 is 0. The van der Waals surface area contributed by atoms with Gasteiger partial charge in [0.1, 0.15) is 6.07 Å². The number of anilines is 2. The van der Waals surface area contributed by atoms with Gasteiger partial charge in [-0.3, -0.25) is 9.78 Å². The molecule has 23 heavy (non-hydrogen) atoms. The highest BCUT2D eigenvalue weighted by molar-refractivity contribution is 5.94. The van der Waals surface area contributed by atoms with Gasteiger partial charge in [-0.2, -0.15) is 5.26 Å². The largest absolute Gasteiger partial charge is 0.375 e. The molecule has 0 unspecified atom stereocenters. The monoisotopic (exact) mass is 304 g/mol. The number of terminal acetylenes is 1. The average Bonchev–Trinajstić information content (AvgIpc) is 2.52. The zero-order chi connectivity index (χ0) is 16.8. The summed E-state index contributed by atoms with van der Waals surface area (Å²) in [6, 6.07) is 10.9. The Morgan fingerprint density at radius 2 is 2.13 bits per heavy atom. The van der Waals surface area contributed by atoms with Crippen LogP contribution in [0.25, 0.3) is 0 Å². The highest BCUT2D eigenvalue weighted by atomic mass is 16.1. The number of benzene rings is 1. The van der Waals surface area contributed by atoms with Gasteiger partial charge in [0, 0.05) is 16.9 Å². The standard InChI is InChI=1S/C18H16N4O/c1-4-14-6-5-7-15(9-14)22-18(23)11-20-17-8-12(2)21-13(3)16(17)10-19/h1,5-9H,11H2,2-3H3,(H,20,21)(H,22,23). The zero-order valence-electron chi connectivity index (χ0n) is 13.0. The minimum absolute atomic E-state index is 0.0395. The number of nitriles is 1. The summed E-state index contributed by atoms with van der Waals surface area (Å²) in [6.45, 7) is 3.64. The van der Waals surface area contributed by atoms with Gasteiger partial charge in [0.25, 0.3) is 0 Å². The number of carbonyl (C=O) groups is 1. The summed E-state index contributed by atoms with van der Waals surface area (Å²) in [5.41, 5.74) is 3.80. The lowest BCUT2D eigenvalue weighted by Crippen LogP contribution is -2.22. The number of hydrogen-bond acceptors (Lipinski definition) is 4. The third-order valence-corrected chi connectivity index (χ3v) is 3.19. The van der Waals surface area contributed by atoms with Crippen molar-refractivity contribution in [3.8, 4) is 18.4 Å². The smallest absolute Gasteiger partial charge is 0.243 e. The van der Waals surface area contributed by atoms with Crippen molar-refractivity contribution in [2.75, 3.05) is 17.2 Å². The molecule has 0 fully saturated rings. The Morgan fingerprint density at radius 3 is 2.83 bits per heavy atom. The SMILES string of the molecule is C#Cc1cccc(NC(=O)CNc2cc(C)nc(C)c2C#N)c1. The molecule has 5 nitrogen and oxygen atoms in total. The van der Waals surface area contributed by atoms with Crippen molar-refractivity contribution < 1.29 is 4.79 Å². The van der Waals surface area contributed by atoms with Gasteiger partial charge in [-0.05, 0) is 38.1 Å². The maximum Gasteiger partial charge on any atom is 0.243 e. The van der Waals surface area contributed by atoms with Crippen LogP contribution in [0.4, 0.5) is 11.4 Å². The van der Waals surface area contributed by atoms with Gasteiger partial charge in [-0.15, -0.1) is 6.42 Å². The van der Waals surface area contributed by atoms with E-state index in [4.69, 9.17) is 6.42 Å². The van der Waals surface area contributed by atoms with Crippen LogP contribution in [0, 0.1) is 37.5 Å². The lowest BCUT2D eigenvalue weighted by Gasteiger charge is -2.11. The molecule has 1 heterocycles. The second kappa shape index (κ2) is 7.11. The molecule has 1 amide bonds. The minimum atomic E-state index is -0.227. The van der Waals surface area contributed by atoms with E-state index >= 15 is 0 Å². The number of hydrogen-bond donors (Lipinski definition) is 2. The number of pyridine rings is 1. The molecule has 2 N–H and O–H groups in total. The third-order valence-electron chi connectivity index (χ3n) is 3.19. The van der Waals surface area contributed by atoms with Gasteiger partial charge >= 0.3 is 0 Å². The molecule has 0 saturated carbocycles. The van der Waals surface area contributed by atoms with E-state index in [1.807, 2.05) is 6.92 Å². The fraction of sp³-hybridized carbons (Fsp3) is 0.167. The highest BCUT2D eigenvalue weighted by Gasteiger charge is 2.09. The van der Waals surface area contributed by atoms with Gasteiger partial charge in [-0.1, -0.05) is 12.0 Å². The molecule has 1 aromatic heterocycles. The predicted molar refractivity (Wildman–Crippen MR) is 89.9 cm³/mol. The molecule has 2 aromatic rings. The number of carbonyl (C=O) groups excluding carboxylic acids is 1. The molecule has 0 aliphatic rings. The molecule has 1 aromatic carbocycles. The van der Waals surface area contributed by atoms with Crippen LogP contribution in [-0.2, 0) is 4.79 Å². The summed E-state index contributed by atoms with van der Waals surface area (Å²) in [5.74, 6) is 2.29.